The summed E-state index contributed by atoms with van der Waals surface area (Å²) in [5.41, 5.74) is 4.34. The van der Waals surface area contributed by atoms with Crippen LogP contribution in [0.3, 0.4) is 0 Å². The average molecular weight is 493 g/mol. The Hall–Kier alpha value is -3.58. The zero-order valence-electron chi connectivity index (χ0n) is 20.3. The van der Waals surface area contributed by atoms with Crippen molar-refractivity contribution in [2.24, 2.45) is 0 Å². The fourth-order valence-corrected chi connectivity index (χ4v) is 4.81. The second-order valence-electron chi connectivity index (χ2n) is 9.32. The molecule has 182 valence electrons. The quantitative estimate of drug-likeness (QED) is 0.424. The highest BCUT2D eigenvalue weighted by atomic mass is 35.5. The van der Waals surface area contributed by atoms with Crippen LogP contribution in [0.25, 0.3) is 11.6 Å². The Balaban J connectivity index is 1.58. The Labute approximate surface area is 210 Å². The maximum Gasteiger partial charge on any atom is 0.329 e. The Bertz CT molecular complexity index is 1250. The molecule has 0 radical (unpaired) electrons. The number of nitrogens with one attached hydrogen (secondary N) is 2. The number of anilines is 2. The summed E-state index contributed by atoms with van der Waals surface area (Å²) < 4.78 is 0. The van der Waals surface area contributed by atoms with Crippen LogP contribution >= 0.6 is 11.6 Å². The SMILES string of the molecule is CCCN1c2cc(Cl)c(/C=C3/NC(=O)N(CC(=O)Nc4ccccc4)C3=O)cc2C(C)=CC1(C)C. The number of urea groups is 1. The van der Waals surface area contributed by atoms with Crippen molar-refractivity contribution in [2.45, 2.75) is 39.7 Å². The van der Waals surface area contributed by atoms with E-state index in [1.165, 1.54) is 0 Å². The maximum absolute atomic E-state index is 12.9. The Kier molecular flexibility index (Phi) is 6.72. The zero-order valence-corrected chi connectivity index (χ0v) is 21.1. The second kappa shape index (κ2) is 9.58. The van der Waals surface area contributed by atoms with Crippen molar-refractivity contribution in [3.63, 3.8) is 0 Å². The monoisotopic (exact) mass is 492 g/mol. The van der Waals surface area contributed by atoms with Gasteiger partial charge in [0.15, 0.2) is 0 Å². The van der Waals surface area contributed by atoms with Crippen LogP contribution in [0.15, 0.2) is 54.2 Å². The summed E-state index contributed by atoms with van der Waals surface area (Å²) in [6, 6.07) is 12.1. The molecule has 1 fully saturated rings. The van der Waals surface area contributed by atoms with E-state index in [1.54, 1.807) is 30.3 Å². The van der Waals surface area contributed by atoms with Crippen LogP contribution in [0.5, 0.6) is 0 Å². The number of allylic oxidation sites excluding steroid dienone is 1. The lowest BCUT2D eigenvalue weighted by Crippen LogP contribution is -2.45. The highest BCUT2D eigenvalue weighted by molar-refractivity contribution is 6.32. The fourth-order valence-electron chi connectivity index (χ4n) is 4.59. The van der Waals surface area contributed by atoms with E-state index in [1.807, 2.05) is 18.2 Å². The molecule has 0 bridgehead atoms. The van der Waals surface area contributed by atoms with Gasteiger partial charge in [-0.2, -0.15) is 0 Å². The van der Waals surface area contributed by atoms with Crippen molar-refractivity contribution in [2.75, 3.05) is 23.3 Å². The summed E-state index contributed by atoms with van der Waals surface area (Å²) in [5.74, 6) is -1.04. The lowest BCUT2D eigenvalue weighted by molar-refractivity contribution is -0.127. The predicted molar refractivity (Wildman–Crippen MR) is 140 cm³/mol. The Morgan fingerprint density at radius 1 is 1.17 bits per heavy atom. The van der Waals surface area contributed by atoms with E-state index in [2.05, 4.69) is 49.3 Å². The molecule has 8 heteroatoms. The number of benzene rings is 2. The molecule has 1 saturated heterocycles. The molecule has 0 aromatic heterocycles. The van der Waals surface area contributed by atoms with Crippen molar-refractivity contribution < 1.29 is 14.4 Å². The first-order valence-corrected chi connectivity index (χ1v) is 12.0. The van der Waals surface area contributed by atoms with E-state index in [0.717, 1.165) is 34.7 Å². The maximum atomic E-state index is 12.9. The van der Waals surface area contributed by atoms with Crippen LogP contribution in [0.1, 0.15) is 45.2 Å². The minimum atomic E-state index is -0.648. The molecule has 0 aliphatic carbocycles. The van der Waals surface area contributed by atoms with Gasteiger partial charge in [0, 0.05) is 28.5 Å². The molecule has 0 spiro atoms. The molecule has 2 aliphatic heterocycles. The van der Waals surface area contributed by atoms with Crippen molar-refractivity contribution in [1.29, 1.82) is 0 Å². The molecule has 7 nitrogen and oxygen atoms in total. The Morgan fingerprint density at radius 3 is 2.57 bits per heavy atom. The van der Waals surface area contributed by atoms with Crippen LogP contribution < -0.4 is 15.5 Å². The van der Waals surface area contributed by atoms with E-state index in [4.69, 9.17) is 11.6 Å². The molecule has 2 aliphatic rings. The van der Waals surface area contributed by atoms with Crippen LogP contribution in [-0.4, -0.2) is 41.4 Å². The summed E-state index contributed by atoms with van der Waals surface area (Å²) in [4.78, 5) is 41.0. The molecular weight excluding hydrogens is 464 g/mol. The Morgan fingerprint density at radius 2 is 1.89 bits per heavy atom. The number of nitrogens with zero attached hydrogens (tertiary/aromatic N) is 2. The molecule has 4 amide bonds. The van der Waals surface area contributed by atoms with Crippen molar-refractivity contribution in [3.8, 4) is 0 Å². The first-order valence-electron chi connectivity index (χ1n) is 11.6. The summed E-state index contributed by atoms with van der Waals surface area (Å²) in [7, 11) is 0. The topological polar surface area (TPSA) is 81.8 Å². The van der Waals surface area contributed by atoms with Gasteiger partial charge in [0.25, 0.3) is 5.91 Å². The summed E-state index contributed by atoms with van der Waals surface area (Å²) in [6.45, 7) is 9.04. The van der Waals surface area contributed by atoms with Crippen LogP contribution in [0.4, 0.5) is 16.2 Å². The third-order valence-electron chi connectivity index (χ3n) is 6.16. The van der Waals surface area contributed by atoms with Gasteiger partial charge in [-0.25, -0.2) is 9.69 Å². The first kappa shape index (κ1) is 24.5. The number of hydrogen-bond acceptors (Lipinski definition) is 4. The highest BCUT2D eigenvalue weighted by Gasteiger charge is 2.36. The molecule has 0 atom stereocenters. The smallest absolute Gasteiger partial charge is 0.329 e. The standard InChI is InChI=1S/C27H29ClN4O3/c1-5-11-32-23-14-21(28)18(12-20(23)17(2)15-27(32,3)4)13-22-25(34)31(26(35)30-22)16-24(33)29-19-9-7-6-8-10-19/h6-10,12-15H,5,11,16H2,1-4H3,(H,29,33)(H,30,35)/b22-13+. The van der Waals surface area contributed by atoms with Crippen LogP contribution in [0.2, 0.25) is 5.02 Å². The number of amides is 4. The fraction of sp³-hybridized carbons (Fsp3) is 0.296. The van der Waals surface area contributed by atoms with E-state index in [-0.39, 0.29) is 11.2 Å². The lowest BCUT2D eigenvalue weighted by atomic mass is 9.87. The number of hydrogen-bond donors (Lipinski definition) is 2. The minimum Gasteiger partial charge on any atom is -0.362 e. The molecule has 2 aromatic carbocycles. The van der Waals surface area contributed by atoms with Gasteiger partial charge >= 0.3 is 6.03 Å². The van der Waals surface area contributed by atoms with E-state index in [0.29, 0.717) is 16.3 Å². The van der Waals surface area contributed by atoms with Gasteiger partial charge in [-0.15, -0.1) is 0 Å². The minimum absolute atomic E-state index is 0.0764. The van der Waals surface area contributed by atoms with Gasteiger partial charge in [-0.3, -0.25) is 9.59 Å². The molecule has 2 heterocycles. The number of fused-ring (bicyclic) bond motifs is 1. The van der Waals surface area contributed by atoms with E-state index in [9.17, 15) is 14.4 Å². The van der Waals surface area contributed by atoms with Gasteiger partial charge in [0.1, 0.15) is 12.2 Å². The molecule has 0 saturated carbocycles. The van der Waals surface area contributed by atoms with Crippen molar-refractivity contribution in [1.82, 2.24) is 10.2 Å². The summed E-state index contributed by atoms with van der Waals surface area (Å²) >= 11 is 6.65. The molecule has 35 heavy (non-hydrogen) atoms. The highest BCUT2D eigenvalue weighted by Crippen LogP contribution is 2.42. The molecule has 2 N–H and O–H groups in total. The lowest BCUT2D eigenvalue weighted by Gasteiger charge is -2.43. The molecule has 0 unspecified atom stereocenters. The van der Waals surface area contributed by atoms with E-state index < -0.39 is 24.4 Å². The number of rotatable bonds is 6. The average Bonchev–Trinajstić information content (AvgIpc) is 3.05. The zero-order chi connectivity index (χ0) is 25.3. The van der Waals surface area contributed by atoms with Gasteiger partial charge in [0.05, 0.1) is 5.54 Å². The van der Waals surface area contributed by atoms with Crippen LogP contribution in [-0.2, 0) is 9.59 Å². The molecule has 2 aromatic rings. The van der Waals surface area contributed by atoms with Gasteiger partial charge in [-0.1, -0.05) is 42.8 Å². The summed E-state index contributed by atoms with van der Waals surface area (Å²) in [6.07, 6.45) is 4.79. The normalized spacial score (nSPS) is 17.9. The molecular formula is C27H29ClN4O3. The number of imide groups is 1. The van der Waals surface area contributed by atoms with E-state index >= 15 is 0 Å². The largest absolute Gasteiger partial charge is 0.362 e. The number of para-hydroxylation sites is 1. The number of carbonyl (C=O) groups is 3. The van der Waals surface area contributed by atoms with Gasteiger partial charge < -0.3 is 15.5 Å². The van der Waals surface area contributed by atoms with Gasteiger partial charge in [0.2, 0.25) is 5.91 Å². The number of carbonyl (C=O) groups excluding carboxylic acids is 3. The third-order valence-corrected chi connectivity index (χ3v) is 6.49. The summed E-state index contributed by atoms with van der Waals surface area (Å²) in [5, 5.41) is 5.72. The van der Waals surface area contributed by atoms with Gasteiger partial charge in [-0.05, 0) is 68.7 Å². The predicted octanol–water partition coefficient (Wildman–Crippen LogP) is 5.28. The van der Waals surface area contributed by atoms with Crippen molar-refractivity contribution >= 4 is 52.5 Å². The molecule has 4 rings (SSSR count). The third kappa shape index (κ3) is 4.95. The first-order chi connectivity index (χ1) is 16.6. The number of halogens is 1. The van der Waals surface area contributed by atoms with Crippen molar-refractivity contribution in [3.05, 3.63) is 70.4 Å². The van der Waals surface area contributed by atoms with Crippen LogP contribution in [0, 0.1) is 0 Å². The second-order valence-corrected chi connectivity index (χ2v) is 9.72.